The molecule has 2 nitrogen and oxygen atoms in total. The Hall–Kier alpha value is -0.770. The van der Waals surface area contributed by atoms with Crippen LogP contribution in [0.2, 0.25) is 10.0 Å². The Morgan fingerprint density at radius 2 is 2.19 bits per heavy atom. The van der Waals surface area contributed by atoms with E-state index in [1.165, 1.54) is 0 Å². The van der Waals surface area contributed by atoms with Crippen LogP contribution in [-0.4, -0.2) is 4.98 Å². The average molecular weight is 273 g/mol. The molecule has 0 amide bonds. The van der Waals surface area contributed by atoms with Crippen LogP contribution in [0.15, 0.2) is 29.8 Å². The number of rotatable bonds is 3. The van der Waals surface area contributed by atoms with Crippen molar-refractivity contribution in [2.75, 3.05) is 5.32 Å². The highest BCUT2D eigenvalue weighted by molar-refractivity contribution is 7.09. The number of hydrogen-bond donors (Lipinski definition) is 1. The molecule has 5 heteroatoms. The number of aromatic nitrogens is 1. The SMILES string of the molecule is CC(Nc1cccc(Cl)c1Cl)c1nccs1. The average Bonchev–Trinajstić information content (AvgIpc) is 2.78. The van der Waals surface area contributed by atoms with Crippen LogP contribution < -0.4 is 5.32 Å². The Bertz CT molecular complexity index is 471. The number of hydrogen-bond acceptors (Lipinski definition) is 3. The van der Waals surface area contributed by atoms with E-state index in [0.29, 0.717) is 10.0 Å². The molecule has 1 N–H and O–H groups in total. The molecule has 84 valence electrons. The molecule has 1 aromatic carbocycles. The summed E-state index contributed by atoms with van der Waals surface area (Å²) in [4.78, 5) is 4.24. The zero-order valence-electron chi connectivity index (χ0n) is 8.58. The van der Waals surface area contributed by atoms with Crippen LogP contribution in [0, 0.1) is 0 Å². The summed E-state index contributed by atoms with van der Waals surface area (Å²) in [5.74, 6) is 0. The summed E-state index contributed by atoms with van der Waals surface area (Å²) in [7, 11) is 0. The lowest BCUT2D eigenvalue weighted by Crippen LogP contribution is -2.06. The van der Waals surface area contributed by atoms with Gasteiger partial charge in [-0.1, -0.05) is 29.3 Å². The molecule has 16 heavy (non-hydrogen) atoms. The third-order valence-corrected chi connectivity index (χ3v) is 3.92. The second-order valence-corrected chi connectivity index (χ2v) is 5.05. The van der Waals surface area contributed by atoms with Crippen LogP contribution in [0.5, 0.6) is 0 Å². The molecule has 1 aromatic heterocycles. The van der Waals surface area contributed by atoms with E-state index in [1.54, 1.807) is 23.6 Å². The van der Waals surface area contributed by atoms with Gasteiger partial charge < -0.3 is 5.32 Å². The minimum atomic E-state index is 0.121. The lowest BCUT2D eigenvalue weighted by molar-refractivity contribution is 0.870. The van der Waals surface area contributed by atoms with Crippen LogP contribution in [0.3, 0.4) is 0 Å². The molecule has 1 heterocycles. The summed E-state index contributed by atoms with van der Waals surface area (Å²) in [6.07, 6.45) is 1.79. The molecule has 0 saturated heterocycles. The van der Waals surface area contributed by atoms with E-state index in [4.69, 9.17) is 23.2 Å². The molecule has 0 spiro atoms. The van der Waals surface area contributed by atoms with Crippen LogP contribution in [0.4, 0.5) is 5.69 Å². The van der Waals surface area contributed by atoms with Gasteiger partial charge in [0.1, 0.15) is 5.01 Å². The highest BCUT2D eigenvalue weighted by Crippen LogP contribution is 2.32. The van der Waals surface area contributed by atoms with E-state index in [0.717, 1.165) is 10.7 Å². The largest absolute Gasteiger partial charge is 0.375 e. The summed E-state index contributed by atoms with van der Waals surface area (Å²) >= 11 is 13.6. The predicted octanol–water partition coefficient (Wildman–Crippen LogP) is 4.62. The number of halogens is 2. The molecule has 0 aliphatic carbocycles. The van der Waals surface area contributed by atoms with Crippen molar-refractivity contribution in [1.29, 1.82) is 0 Å². The lowest BCUT2D eigenvalue weighted by atomic mass is 10.2. The van der Waals surface area contributed by atoms with Crippen LogP contribution in [0.25, 0.3) is 0 Å². The van der Waals surface area contributed by atoms with Crippen molar-refractivity contribution >= 4 is 40.2 Å². The fraction of sp³-hybridized carbons (Fsp3) is 0.182. The van der Waals surface area contributed by atoms with E-state index < -0.39 is 0 Å². The summed E-state index contributed by atoms with van der Waals surface area (Å²) in [6.45, 7) is 2.04. The minimum Gasteiger partial charge on any atom is -0.375 e. The Kier molecular flexibility index (Phi) is 3.69. The quantitative estimate of drug-likeness (QED) is 0.882. The van der Waals surface area contributed by atoms with Crippen LogP contribution >= 0.6 is 34.5 Å². The van der Waals surface area contributed by atoms with Crippen molar-refractivity contribution in [1.82, 2.24) is 4.98 Å². The monoisotopic (exact) mass is 272 g/mol. The number of nitrogens with one attached hydrogen (secondary N) is 1. The van der Waals surface area contributed by atoms with E-state index >= 15 is 0 Å². The van der Waals surface area contributed by atoms with Gasteiger partial charge in [0, 0.05) is 11.6 Å². The van der Waals surface area contributed by atoms with Gasteiger partial charge in [0.2, 0.25) is 0 Å². The van der Waals surface area contributed by atoms with E-state index in [-0.39, 0.29) is 6.04 Å². The first kappa shape index (κ1) is 11.7. The predicted molar refractivity (Wildman–Crippen MR) is 70.6 cm³/mol. The molecule has 0 fully saturated rings. The molecule has 0 bridgehead atoms. The van der Waals surface area contributed by atoms with Crippen LogP contribution in [0.1, 0.15) is 18.0 Å². The van der Waals surface area contributed by atoms with Gasteiger partial charge in [0.05, 0.1) is 21.8 Å². The second-order valence-electron chi connectivity index (χ2n) is 3.34. The molecule has 2 aromatic rings. The molecule has 0 aliphatic heterocycles. The first-order chi connectivity index (χ1) is 7.68. The van der Waals surface area contributed by atoms with E-state index in [1.807, 2.05) is 24.4 Å². The zero-order chi connectivity index (χ0) is 11.5. The first-order valence-corrected chi connectivity index (χ1v) is 6.42. The highest BCUT2D eigenvalue weighted by Gasteiger charge is 2.10. The smallest absolute Gasteiger partial charge is 0.115 e. The Balaban J connectivity index is 2.18. The van der Waals surface area contributed by atoms with Gasteiger partial charge in [-0.2, -0.15) is 0 Å². The van der Waals surface area contributed by atoms with Crippen molar-refractivity contribution in [3.8, 4) is 0 Å². The van der Waals surface area contributed by atoms with Gasteiger partial charge in [0.25, 0.3) is 0 Å². The standard InChI is InChI=1S/C11H10Cl2N2S/c1-7(11-14-5-6-16-11)15-9-4-2-3-8(12)10(9)13/h2-7,15H,1H3. The van der Waals surface area contributed by atoms with Crippen molar-refractivity contribution in [3.63, 3.8) is 0 Å². The number of benzene rings is 1. The third kappa shape index (κ3) is 2.48. The van der Waals surface area contributed by atoms with Gasteiger partial charge in [-0.25, -0.2) is 4.98 Å². The number of nitrogens with zero attached hydrogens (tertiary/aromatic N) is 1. The Morgan fingerprint density at radius 3 is 2.88 bits per heavy atom. The second kappa shape index (κ2) is 5.04. The van der Waals surface area contributed by atoms with Crippen molar-refractivity contribution in [3.05, 3.63) is 44.8 Å². The highest BCUT2D eigenvalue weighted by atomic mass is 35.5. The van der Waals surface area contributed by atoms with Gasteiger partial charge in [-0.15, -0.1) is 11.3 Å². The fourth-order valence-corrected chi connectivity index (χ4v) is 2.36. The van der Waals surface area contributed by atoms with Crippen molar-refractivity contribution in [2.45, 2.75) is 13.0 Å². The molecule has 0 aliphatic rings. The molecule has 1 unspecified atom stereocenters. The maximum absolute atomic E-state index is 6.09. The summed E-state index contributed by atoms with van der Waals surface area (Å²) in [6, 6.07) is 5.66. The Labute approximate surface area is 108 Å². The van der Waals surface area contributed by atoms with E-state index in [9.17, 15) is 0 Å². The van der Waals surface area contributed by atoms with Gasteiger partial charge in [-0.3, -0.25) is 0 Å². The molecule has 2 rings (SSSR count). The first-order valence-electron chi connectivity index (χ1n) is 4.78. The van der Waals surface area contributed by atoms with Gasteiger partial charge in [-0.05, 0) is 19.1 Å². The maximum Gasteiger partial charge on any atom is 0.115 e. The topological polar surface area (TPSA) is 24.9 Å². The lowest BCUT2D eigenvalue weighted by Gasteiger charge is -2.14. The third-order valence-electron chi connectivity index (χ3n) is 2.15. The fourth-order valence-electron chi connectivity index (χ4n) is 1.36. The zero-order valence-corrected chi connectivity index (χ0v) is 10.9. The van der Waals surface area contributed by atoms with Crippen molar-refractivity contribution in [2.24, 2.45) is 0 Å². The minimum absolute atomic E-state index is 0.121. The summed E-state index contributed by atoms with van der Waals surface area (Å²) in [5, 5.41) is 7.36. The Morgan fingerprint density at radius 1 is 1.38 bits per heavy atom. The molecule has 0 radical (unpaired) electrons. The molecular formula is C11H10Cl2N2S. The normalized spacial score (nSPS) is 12.4. The maximum atomic E-state index is 6.09. The molecule has 1 atom stereocenters. The van der Waals surface area contributed by atoms with E-state index in [2.05, 4.69) is 10.3 Å². The number of thiazole rings is 1. The van der Waals surface area contributed by atoms with Gasteiger partial charge >= 0.3 is 0 Å². The summed E-state index contributed by atoms with van der Waals surface area (Å²) in [5.41, 5.74) is 0.830. The van der Waals surface area contributed by atoms with Crippen LogP contribution in [-0.2, 0) is 0 Å². The summed E-state index contributed by atoms with van der Waals surface area (Å²) < 4.78 is 0. The van der Waals surface area contributed by atoms with Crippen molar-refractivity contribution < 1.29 is 0 Å². The molecule has 0 saturated carbocycles. The van der Waals surface area contributed by atoms with Gasteiger partial charge in [0.15, 0.2) is 0 Å². The molecular weight excluding hydrogens is 263 g/mol. The number of anilines is 1.